The lowest BCUT2D eigenvalue weighted by Gasteiger charge is -2.23. The normalized spacial score (nSPS) is 14.0. The van der Waals surface area contributed by atoms with Gasteiger partial charge in [0.1, 0.15) is 17.8 Å². The molecule has 1 aromatic carbocycles. The van der Waals surface area contributed by atoms with Crippen LogP contribution >= 0.6 is 12.6 Å². The summed E-state index contributed by atoms with van der Waals surface area (Å²) in [6, 6.07) is 3.50. The zero-order chi connectivity index (χ0) is 21.1. The fourth-order valence-corrected chi connectivity index (χ4v) is 2.75. The molecule has 0 radical (unpaired) electrons. The molecule has 0 bridgehead atoms. The standard InChI is InChI=1S/C18H29N5O4S/c19-8-2-1-3-13(20)17(26)22-14(9-11-4-6-12(24)7-5-11)18(27)23-15(10-28)16(21)25/h4-7,13-15,24,28H,1-3,8-10,19-20H2,(H2,21,25)(H,22,26)(H,23,27). The lowest BCUT2D eigenvalue weighted by atomic mass is 10.0. The molecule has 0 saturated heterocycles. The number of unbranched alkanes of at least 4 members (excludes halogenated alkanes) is 1. The molecular weight excluding hydrogens is 382 g/mol. The predicted molar refractivity (Wildman–Crippen MR) is 110 cm³/mol. The molecule has 3 atom stereocenters. The van der Waals surface area contributed by atoms with Crippen LogP contribution in [0.1, 0.15) is 24.8 Å². The van der Waals surface area contributed by atoms with Crippen molar-refractivity contribution in [2.45, 2.75) is 43.8 Å². The molecule has 156 valence electrons. The van der Waals surface area contributed by atoms with Crippen molar-refractivity contribution < 1.29 is 19.5 Å². The molecule has 10 heteroatoms. The zero-order valence-electron chi connectivity index (χ0n) is 15.6. The van der Waals surface area contributed by atoms with Crippen LogP contribution in [0, 0.1) is 0 Å². The number of primary amides is 1. The topological polar surface area (TPSA) is 174 Å². The van der Waals surface area contributed by atoms with Crippen molar-refractivity contribution in [1.82, 2.24) is 10.6 Å². The fourth-order valence-electron chi connectivity index (χ4n) is 2.47. The minimum Gasteiger partial charge on any atom is -0.508 e. The van der Waals surface area contributed by atoms with Crippen LogP contribution in [0.25, 0.3) is 0 Å². The largest absolute Gasteiger partial charge is 0.508 e. The van der Waals surface area contributed by atoms with Gasteiger partial charge in [-0.25, -0.2) is 0 Å². The maximum absolute atomic E-state index is 12.6. The number of nitrogens with two attached hydrogens (primary N) is 3. The highest BCUT2D eigenvalue weighted by Crippen LogP contribution is 2.12. The third-order valence-corrected chi connectivity index (χ3v) is 4.52. The van der Waals surface area contributed by atoms with Gasteiger partial charge in [0.05, 0.1) is 6.04 Å². The van der Waals surface area contributed by atoms with E-state index in [-0.39, 0.29) is 17.9 Å². The molecule has 0 saturated carbocycles. The number of amides is 3. The Morgan fingerprint density at radius 3 is 2.18 bits per heavy atom. The number of hydrogen-bond acceptors (Lipinski definition) is 7. The first-order valence-corrected chi connectivity index (χ1v) is 9.66. The van der Waals surface area contributed by atoms with E-state index >= 15 is 0 Å². The summed E-state index contributed by atoms with van der Waals surface area (Å²) in [6.45, 7) is 0.512. The third kappa shape index (κ3) is 8.15. The van der Waals surface area contributed by atoms with E-state index < -0.39 is 35.8 Å². The highest BCUT2D eigenvalue weighted by Gasteiger charge is 2.27. The van der Waals surface area contributed by atoms with Crippen molar-refractivity contribution in [1.29, 1.82) is 0 Å². The summed E-state index contributed by atoms with van der Waals surface area (Å²) in [5, 5.41) is 14.5. The second-order valence-corrected chi connectivity index (χ2v) is 6.83. The smallest absolute Gasteiger partial charge is 0.243 e. The van der Waals surface area contributed by atoms with E-state index in [0.717, 1.165) is 6.42 Å². The molecule has 1 aromatic rings. The van der Waals surface area contributed by atoms with Crippen molar-refractivity contribution in [3.63, 3.8) is 0 Å². The maximum atomic E-state index is 12.6. The molecule has 9 N–H and O–H groups in total. The van der Waals surface area contributed by atoms with Crippen LogP contribution in [-0.2, 0) is 20.8 Å². The summed E-state index contributed by atoms with van der Waals surface area (Å²) >= 11 is 4.00. The molecule has 28 heavy (non-hydrogen) atoms. The predicted octanol–water partition coefficient (Wildman–Crippen LogP) is -1.22. The summed E-state index contributed by atoms with van der Waals surface area (Å²) in [5.41, 5.74) is 17.3. The molecule has 0 aliphatic rings. The number of hydrogen-bond donors (Lipinski definition) is 7. The average Bonchev–Trinajstić information content (AvgIpc) is 2.66. The van der Waals surface area contributed by atoms with E-state index in [4.69, 9.17) is 17.2 Å². The monoisotopic (exact) mass is 411 g/mol. The van der Waals surface area contributed by atoms with Crippen LogP contribution in [0.4, 0.5) is 0 Å². The highest BCUT2D eigenvalue weighted by molar-refractivity contribution is 7.80. The lowest BCUT2D eigenvalue weighted by molar-refractivity contribution is -0.131. The minimum absolute atomic E-state index is 0.0273. The Labute approximate surface area is 169 Å². The molecule has 0 aromatic heterocycles. The molecule has 1 rings (SSSR count). The molecule has 0 aliphatic carbocycles. The van der Waals surface area contributed by atoms with E-state index in [1.165, 1.54) is 12.1 Å². The molecule has 0 fully saturated rings. The molecule has 0 aliphatic heterocycles. The Morgan fingerprint density at radius 1 is 1.04 bits per heavy atom. The van der Waals surface area contributed by atoms with Gasteiger partial charge in [-0.2, -0.15) is 12.6 Å². The Hall–Kier alpha value is -2.30. The molecule has 3 amide bonds. The molecule has 0 heterocycles. The van der Waals surface area contributed by atoms with Crippen LogP contribution in [0.5, 0.6) is 5.75 Å². The van der Waals surface area contributed by atoms with Gasteiger partial charge in [0.2, 0.25) is 17.7 Å². The number of aromatic hydroxyl groups is 1. The van der Waals surface area contributed by atoms with Gasteiger partial charge in [-0.15, -0.1) is 0 Å². The quantitative estimate of drug-likeness (QED) is 0.168. The second-order valence-electron chi connectivity index (χ2n) is 6.47. The molecule has 3 unspecified atom stereocenters. The van der Waals surface area contributed by atoms with Gasteiger partial charge in [-0.1, -0.05) is 18.6 Å². The summed E-state index contributed by atoms with van der Waals surface area (Å²) in [7, 11) is 0. The third-order valence-electron chi connectivity index (χ3n) is 4.16. The lowest BCUT2D eigenvalue weighted by Crippen LogP contribution is -2.56. The van der Waals surface area contributed by atoms with Crippen LogP contribution in [-0.4, -0.2) is 53.3 Å². The Bertz CT molecular complexity index is 656. The zero-order valence-corrected chi connectivity index (χ0v) is 16.5. The second kappa shape index (κ2) is 12.2. The van der Waals surface area contributed by atoms with Gasteiger partial charge < -0.3 is 32.9 Å². The SMILES string of the molecule is NCCCCC(N)C(=O)NC(Cc1ccc(O)cc1)C(=O)NC(CS)C(N)=O. The van der Waals surface area contributed by atoms with Crippen molar-refractivity contribution >= 4 is 30.4 Å². The van der Waals surface area contributed by atoms with E-state index in [9.17, 15) is 19.5 Å². The van der Waals surface area contributed by atoms with Gasteiger partial charge >= 0.3 is 0 Å². The summed E-state index contributed by atoms with van der Waals surface area (Å²) in [4.78, 5) is 36.4. The van der Waals surface area contributed by atoms with E-state index in [0.29, 0.717) is 24.9 Å². The van der Waals surface area contributed by atoms with Gasteiger partial charge in [0, 0.05) is 12.2 Å². The molecular formula is C18H29N5O4S. The van der Waals surface area contributed by atoms with Crippen LogP contribution in [0.15, 0.2) is 24.3 Å². The van der Waals surface area contributed by atoms with Crippen LogP contribution in [0.3, 0.4) is 0 Å². The Balaban J connectivity index is 2.87. The number of phenols is 1. The molecule has 9 nitrogen and oxygen atoms in total. The van der Waals surface area contributed by atoms with Gasteiger partial charge in [0.15, 0.2) is 0 Å². The number of thiol groups is 1. The summed E-state index contributed by atoms with van der Waals surface area (Å²) < 4.78 is 0. The number of nitrogens with one attached hydrogen (secondary N) is 2. The maximum Gasteiger partial charge on any atom is 0.243 e. The van der Waals surface area contributed by atoms with Gasteiger partial charge in [-0.05, 0) is 37.1 Å². The first-order chi connectivity index (χ1) is 13.3. The summed E-state index contributed by atoms with van der Waals surface area (Å²) in [6.07, 6.45) is 2.03. The van der Waals surface area contributed by atoms with Crippen molar-refractivity contribution in [2.24, 2.45) is 17.2 Å². The average molecular weight is 412 g/mol. The minimum atomic E-state index is -0.973. The Morgan fingerprint density at radius 2 is 1.64 bits per heavy atom. The molecule has 0 spiro atoms. The van der Waals surface area contributed by atoms with Crippen molar-refractivity contribution in [3.05, 3.63) is 29.8 Å². The van der Waals surface area contributed by atoms with Crippen LogP contribution < -0.4 is 27.8 Å². The number of carbonyl (C=O) groups excluding carboxylic acids is 3. The number of rotatable bonds is 12. The number of benzene rings is 1. The first-order valence-electron chi connectivity index (χ1n) is 9.03. The summed E-state index contributed by atoms with van der Waals surface area (Å²) in [5.74, 6) is -1.67. The first kappa shape index (κ1) is 23.7. The van der Waals surface area contributed by atoms with E-state index in [1.807, 2.05) is 0 Å². The van der Waals surface area contributed by atoms with E-state index in [2.05, 4.69) is 23.3 Å². The number of carbonyl (C=O) groups is 3. The van der Waals surface area contributed by atoms with E-state index in [1.54, 1.807) is 12.1 Å². The van der Waals surface area contributed by atoms with Gasteiger partial charge in [-0.3, -0.25) is 14.4 Å². The van der Waals surface area contributed by atoms with Crippen molar-refractivity contribution in [2.75, 3.05) is 12.3 Å². The highest BCUT2D eigenvalue weighted by atomic mass is 32.1. The fraction of sp³-hybridized carbons (Fsp3) is 0.500. The van der Waals surface area contributed by atoms with Crippen LogP contribution in [0.2, 0.25) is 0 Å². The Kier molecular flexibility index (Phi) is 10.4. The van der Waals surface area contributed by atoms with Crippen molar-refractivity contribution in [3.8, 4) is 5.75 Å². The number of phenolic OH excluding ortho intramolecular Hbond substituents is 1. The van der Waals surface area contributed by atoms with Gasteiger partial charge in [0.25, 0.3) is 0 Å².